The number of nitrogens with zero attached hydrogens (tertiary/aromatic N) is 1. The number of amides is 1. The second-order valence-electron chi connectivity index (χ2n) is 6.29. The fourth-order valence-electron chi connectivity index (χ4n) is 3.12. The number of thiol groups is 1. The molecule has 0 N–H and O–H groups in total. The van der Waals surface area contributed by atoms with Crippen LogP contribution in [0.25, 0.3) is 11.8 Å². The first-order valence-corrected chi connectivity index (χ1v) is 9.81. The van der Waals surface area contributed by atoms with E-state index < -0.39 is 0 Å². The molecular weight excluding hydrogens is 409 g/mol. The van der Waals surface area contributed by atoms with E-state index in [4.69, 9.17) is 23.2 Å². The van der Waals surface area contributed by atoms with Crippen LogP contribution >= 0.6 is 35.8 Å². The van der Waals surface area contributed by atoms with E-state index in [1.165, 1.54) is 0 Å². The van der Waals surface area contributed by atoms with Gasteiger partial charge >= 0.3 is 0 Å². The predicted octanol–water partition coefficient (Wildman–Crippen LogP) is 6.75. The van der Waals surface area contributed by atoms with Crippen LogP contribution in [0.1, 0.15) is 11.1 Å². The molecule has 1 amide bonds. The lowest BCUT2D eigenvalue weighted by atomic mass is 10.1. The van der Waals surface area contributed by atoms with Crippen LogP contribution in [0.2, 0.25) is 10.0 Å². The number of rotatable bonds is 3. The number of para-hydroxylation sites is 1. The number of halogens is 2. The lowest BCUT2D eigenvalue weighted by Gasteiger charge is -2.22. The summed E-state index contributed by atoms with van der Waals surface area (Å²) in [6.45, 7) is 0. The van der Waals surface area contributed by atoms with Crippen molar-refractivity contribution in [2.24, 2.45) is 0 Å². The highest BCUT2D eigenvalue weighted by molar-refractivity contribution is 7.80. The number of carbonyl (C=O) groups is 1. The van der Waals surface area contributed by atoms with E-state index in [1.807, 2.05) is 60.7 Å². The Morgan fingerprint density at radius 1 is 0.893 bits per heavy atom. The second kappa shape index (κ2) is 7.88. The smallest absolute Gasteiger partial charge is 0.262 e. The summed E-state index contributed by atoms with van der Waals surface area (Å²) in [6, 6.07) is 22.5. The van der Waals surface area contributed by atoms with Gasteiger partial charge in [0.25, 0.3) is 5.91 Å². The van der Waals surface area contributed by atoms with Gasteiger partial charge in [-0.1, -0.05) is 71.7 Å². The Bertz CT molecular complexity index is 1120. The lowest BCUT2D eigenvalue weighted by Crippen LogP contribution is -2.25. The summed E-state index contributed by atoms with van der Waals surface area (Å²) >= 11 is 16.8. The summed E-state index contributed by atoms with van der Waals surface area (Å²) in [5.74, 6) is -0.133. The molecule has 0 saturated carbocycles. The molecule has 0 fully saturated rings. The van der Waals surface area contributed by atoms with Gasteiger partial charge in [0, 0.05) is 20.5 Å². The van der Waals surface area contributed by atoms with Gasteiger partial charge in [0.05, 0.1) is 11.4 Å². The largest absolute Gasteiger partial charge is 0.275 e. The molecule has 4 rings (SSSR count). The fourth-order valence-corrected chi connectivity index (χ4v) is 3.84. The number of hydrogen-bond donors (Lipinski definition) is 1. The van der Waals surface area contributed by atoms with Crippen LogP contribution in [0, 0.1) is 0 Å². The van der Waals surface area contributed by atoms with Gasteiger partial charge in [-0.25, -0.2) is 0 Å². The van der Waals surface area contributed by atoms with Gasteiger partial charge in [-0.15, -0.1) is 12.6 Å². The molecule has 0 spiro atoms. The molecule has 3 aromatic carbocycles. The van der Waals surface area contributed by atoms with Crippen LogP contribution in [-0.4, -0.2) is 5.91 Å². The number of benzene rings is 3. The highest BCUT2D eigenvalue weighted by Gasteiger charge is 2.31. The first kappa shape index (κ1) is 18.9. The van der Waals surface area contributed by atoms with Crippen molar-refractivity contribution in [1.29, 1.82) is 0 Å². The van der Waals surface area contributed by atoms with Crippen molar-refractivity contribution < 1.29 is 4.79 Å². The highest BCUT2D eigenvalue weighted by atomic mass is 35.5. The monoisotopic (exact) mass is 423 g/mol. The van der Waals surface area contributed by atoms with Crippen molar-refractivity contribution in [1.82, 2.24) is 0 Å². The van der Waals surface area contributed by atoms with E-state index in [1.54, 1.807) is 29.2 Å². The Kier molecular flexibility index (Phi) is 5.31. The van der Waals surface area contributed by atoms with Crippen molar-refractivity contribution in [3.05, 3.63) is 106 Å². The minimum atomic E-state index is -0.133. The molecular formula is C23H15Cl2NOS. The van der Waals surface area contributed by atoms with Gasteiger partial charge in [-0.2, -0.15) is 0 Å². The highest BCUT2D eigenvalue weighted by Crippen LogP contribution is 2.38. The zero-order valence-electron chi connectivity index (χ0n) is 14.6. The zero-order valence-corrected chi connectivity index (χ0v) is 17.0. The Morgan fingerprint density at radius 3 is 2.32 bits per heavy atom. The molecule has 2 nitrogen and oxygen atoms in total. The molecule has 0 radical (unpaired) electrons. The van der Waals surface area contributed by atoms with Crippen LogP contribution in [0.15, 0.2) is 89.3 Å². The molecule has 1 aliphatic rings. The first-order valence-electron chi connectivity index (χ1n) is 8.61. The maximum absolute atomic E-state index is 13.3. The molecule has 5 heteroatoms. The van der Waals surface area contributed by atoms with Crippen LogP contribution < -0.4 is 4.90 Å². The second-order valence-corrected chi connectivity index (χ2v) is 7.62. The number of hydrogen-bond acceptors (Lipinski definition) is 2. The van der Waals surface area contributed by atoms with Gasteiger partial charge < -0.3 is 0 Å². The SMILES string of the molecule is O=C1/C(=C/c2ccc(Cl)cc2Cl)C=C(c2ccccc2)N1c1ccccc1S. The summed E-state index contributed by atoms with van der Waals surface area (Å²) < 4.78 is 0. The molecule has 138 valence electrons. The van der Waals surface area contributed by atoms with E-state index in [-0.39, 0.29) is 5.91 Å². The van der Waals surface area contributed by atoms with Gasteiger partial charge in [0.15, 0.2) is 0 Å². The maximum Gasteiger partial charge on any atom is 0.262 e. The predicted molar refractivity (Wildman–Crippen MR) is 120 cm³/mol. The first-order chi connectivity index (χ1) is 13.5. The molecule has 0 saturated heterocycles. The average Bonchev–Trinajstić information content (AvgIpc) is 3.01. The Hall–Kier alpha value is -2.46. The van der Waals surface area contributed by atoms with Crippen molar-refractivity contribution in [3.8, 4) is 0 Å². The lowest BCUT2D eigenvalue weighted by molar-refractivity contribution is -0.113. The minimum Gasteiger partial charge on any atom is -0.275 e. The molecule has 1 heterocycles. The third-order valence-electron chi connectivity index (χ3n) is 4.45. The molecule has 3 aromatic rings. The number of carbonyl (C=O) groups excluding carboxylic acids is 1. The van der Waals surface area contributed by atoms with Crippen LogP contribution in [-0.2, 0) is 4.79 Å². The van der Waals surface area contributed by atoms with Crippen molar-refractivity contribution in [2.75, 3.05) is 4.90 Å². The summed E-state index contributed by atoms with van der Waals surface area (Å²) in [5, 5.41) is 1.05. The molecule has 28 heavy (non-hydrogen) atoms. The van der Waals surface area contributed by atoms with E-state index in [0.29, 0.717) is 15.6 Å². The quantitative estimate of drug-likeness (QED) is 0.364. The standard InChI is InChI=1S/C23H15Cl2NOS/c24-18-11-10-16(19(25)14-18)12-17-13-21(15-6-2-1-3-7-15)26(23(17)27)20-8-4-5-9-22(20)28/h1-14,28H/b17-12+. The van der Waals surface area contributed by atoms with Crippen LogP contribution in [0.4, 0.5) is 5.69 Å². The minimum absolute atomic E-state index is 0.133. The molecule has 0 bridgehead atoms. The third-order valence-corrected chi connectivity index (χ3v) is 5.39. The van der Waals surface area contributed by atoms with Gasteiger partial charge in [0.2, 0.25) is 0 Å². The maximum atomic E-state index is 13.3. The molecule has 0 aliphatic carbocycles. The zero-order chi connectivity index (χ0) is 19.7. The van der Waals surface area contributed by atoms with E-state index in [2.05, 4.69) is 12.6 Å². The van der Waals surface area contributed by atoms with Gasteiger partial charge in [-0.05, 0) is 47.5 Å². The average molecular weight is 424 g/mol. The summed E-state index contributed by atoms with van der Waals surface area (Å²) in [5.41, 5.74) is 3.75. The van der Waals surface area contributed by atoms with Gasteiger partial charge in [0.1, 0.15) is 0 Å². The Morgan fingerprint density at radius 2 is 1.61 bits per heavy atom. The molecule has 0 unspecified atom stereocenters. The molecule has 0 atom stereocenters. The molecule has 1 aliphatic heterocycles. The Labute approximate surface area is 179 Å². The van der Waals surface area contributed by atoms with Crippen LogP contribution in [0.3, 0.4) is 0 Å². The van der Waals surface area contributed by atoms with Crippen molar-refractivity contribution in [3.63, 3.8) is 0 Å². The van der Waals surface area contributed by atoms with Crippen molar-refractivity contribution in [2.45, 2.75) is 4.90 Å². The molecule has 0 aromatic heterocycles. The summed E-state index contributed by atoms with van der Waals surface area (Å²) in [7, 11) is 0. The summed E-state index contributed by atoms with van der Waals surface area (Å²) in [6.07, 6.45) is 3.66. The summed E-state index contributed by atoms with van der Waals surface area (Å²) in [4.78, 5) is 15.7. The van der Waals surface area contributed by atoms with Crippen LogP contribution in [0.5, 0.6) is 0 Å². The van der Waals surface area contributed by atoms with Gasteiger partial charge in [-0.3, -0.25) is 9.69 Å². The van der Waals surface area contributed by atoms with E-state index in [9.17, 15) is 4.79 Å². The normalized spacial score (nSPS) is 15.2. The van der Waals surface area contributed by atoms with E-state index >= 15 is 0 Å². The van der Waals surface area contributed by atoms with E-state index in [0.717, 1.165) is 27.4 Å². The number of anilines is 1. The topological polar surface area (TPSA) is 20.3 Å². The Balaban J connectivity index is 1.86. The third kappa shape index (κ3) is 3.61. The van der Waals surface area contributed by atoms with Crippen molar-refractivity contribution >= 4 is 59.2 Å². The fraction of sp³-hybridized carbons (Fsp3) is 0.